The summed E-state index contributed by atoms with van der Waals surface area (Å²) in [6.07, 6.45) is 0. The van der Waals surface area contributed by atoms with Gasteiger partial charge in [-0.15, -0.1) is 11.3 Å². The van der Waals surface area contributed by atoms with E-state index in [0.717, 1.165) is 8.26 Å². The van der Waals surface area contributed by atoms with Gasteiger partial charge < -0.3 is 10.2 Å². The Hall–Kier alpha value is 0.0900. The van der Waals surface area contributed by atoms with Crippen LogP contribution < -0.4 is 5.32 Å². The first-order chi connectivity index (χ1) is 7.74. The van der Waals surface area contributed by atoms with E-state index in [2.05, 4.69) is 55.9 Å². The second-order valence-electron chi connectivity index (χ2n) is 4.62. The molecule has 0 saturated heterocycles. The molecule has 6 heteroatoms. The Bertz CT molecular complexity index is 396. The van der Waals surface area contributed by atoms with Crippen LogP contribution in [0.1, 0.15) is 23.5 Å². The summed E-state index contributed by atoms with van der Waals surface area (Å²) in [5.41, 5.74) is -0.0542. The van der Waals surface area contributed by atoms with Gasteiger partial charge in [-0.2, -0.15) is 0 Å². The predicted molar refractivity (Wildman–Crippen MR) is 79.8 cm³/mol. The van der Waals surface area contributed by atoms with Crippen LogP contribution in [0, 0.1) is 0 Å². The molecule has 0 spiro atoms. The van der Waals surface area contributed by atoms with Crippen LogP contribution in [0.4, 0.5) is 0 Å². The highest BCUT2D eigenvalue weighted by molar-refractivity contribution is 9.13. The molecule has 0 aliphatic carbocycles. The predicted octanol–water partition coefficient (Wildman–Crippen LogP) is 3.34. The first-order valence-electron chi connectivity index (χ1n) is 5.14. The van der Waals surface area contributed by atoms with Crippen molar-refractivity contribution in [3.05, 3.63) is 19.2 Å². The van der Waals surface area contributed by atoms with Gasteiger partial charge in [-0.05, 0) is 65.9 Å². The number of amides is 1. The first-order valence-corrected chi connectivity index (χ1v) is 7.55. The van der Waals surface area contributed by atoms with Crippen molar-refractivity contribution >= 4 is 49.1 Å². The molecule has 0 radical (unpaired) electrons. The van der Waals surface area contributed by atoms with Gasteiger partial charge in [-0.25, -0.2) is 0 Å². The second kappa shape index (κ2) is 5.82. The second-order valence-corrected chi connectivity index (χ2v) is 7.85. The van der Waals surface area contributed by atoms with Gasteiger partial charge in [0.2, 0.25) is 0 Å². The summed E-state index contributed by atoms with van der Waals surface area (Å²) in [4.78, 5) is 14.7. The summed E-state index contributed by atoms with van der Waals surface area (Å²) in [5.74, 6) is -0.0312. The lowest BCUT2D eigenvalue weighted by Crippen LogP contribution is -2.48. The number of halogens is 2. The fourth-order valence-corrected chi connectivity index (χ4v) is 2.95. The highest BCUT2D eigenvalue weighted by Gasteiger charge is 2.22. The van der Waals surface area contributed by atoms with Crippen molar-refractivity contribution in [2.24, 2.45) is 0 Å². The number of rotatable bonds is 4. The Morgan fingerprint density at radius 3 is 2.47 bits per heavy atom. The highest BCUT2D eigenvalue weighted by atomic mass is 79.9. The monoisotopic (exact) mass is 382 g/mol. The Morgan fingerprint density at radius 2 is 2.06 bits per heavy atom. The third kappa shape index (κ3) is 4.05. The number of carbonyl (C=O) groups excluding carboxylic acids is 1. The molecule has 0 fully saturated rings. The van der Waals surface area contributed by atoms with Crippen LogP contribution in [-0.2, 0) is 0 Å². The number of hydrogen-bond donors (Lipinski definition) is 1. The largest absolute Gasteiger partial charge is 0.349 e. The van der Waals surface area contributed by atoms with Crippen LogP contribution in [0.25, 0.3) is 0 Å². The molecule has 3 nitrogen and oxygen atoms in total. The van der Waals surface area contributed by atoms with Crippen molar-refractivity contribution in [3.63, 3.8) is 0 Å². The van der Waals surface area contributed by atoms with E-state index >= 15 is 0 Å². The molecular weight excluding hydrogens is 368 g/mol. The maximum absolute atomic E-state index is 11.9. The van der Waals surface area contributed by atoms with E-state index in [1.165, 1.54) is 11.3 Å². The minimum absolute atomic E-state index is 0.0312. The number of hydrogen-bond acceptors (Lipinski definition) is 3. The van der Waals surface area contributed by atoms with Crippen LogP contribution in [0.5, 0.6) is 0 Å². The zero-order chi connectivity index (χ0) is 13.2. The number of nitrogens with one attached hydrogen (secondary N) is 1. The minimum Gasteiger partial charge on any atom is -0.349 e. The standard InChI is InChI=1S/C11H16Br2N2OS/c1-11(2,15(3)4)6-14-10(16)8-5-7(12)9(13)17-8/h5H,6H2,1-4H3,(H,14,16). The van der Waals surface area contributed by atoms with Crippen LogP contribution in [0.2, 0.25) is 0 Å². The molecule has 1 N–H and O–H groups in total. The van der Waals surface area contributed by atoms with Crippen LogP contribution in [-0.4, -0.2) is 37.0 Å². The average molecular weight is 384 g/mol. The number of thiophene rings is 1. The lowest BCUT2D eigenvalue weighted by molar-refractivity contribution is 0.0923. The fourth-order valence-electron chi connectivity index (χ4n) is 1.00. The SMILES string of the molecule is CN(C)C(C)(C)CNC(=O)c1cc(Br)c(Br)s1. The van der Waals surface area contributed by atoms with Crippen molar-refractivity contribution in [1.29, 1.82) is 0 Å². The minimum atomic E-state index is -0.0542. The van der Waals surface area contributed by atoms with E-state index in [9.17, 15) is 4.79 Å². The van der Waals surface area contributed by atoms with Gasteiger partial charge >= 0.3 is 0 Å². The quantitative estimate of drug-likeness (QED) is 0.864. The van der Waals surface area contributed by atoms with Gasteiger partial charge in [0.1, 0.15) is 0 Å². The van der Waals surface area contributed by atoms with E-state index in [1.54, 1.807) is 0 Å². The maximum Gasteiger partial charge on any atom is 0.261 e. The van der Waals surface area contributed by atoms with Gasteiger partial charge in [0.25, 0.3) is 5.91 Å². The van der Waals surface area contributed by atoms with Crippen LogP contribution in [0.3, 0.4) is 0 Å². The summed E-state index contributed by atoms with van der Waals surface area (Å²) >= 11 is 8.18. The molecule has 0 aliphatic heterocycles. The summed E-state index contributed by atoms with van der Waals surface area (Å²) in [6.45, 7) is 4.80. The molecule has 1 rings (SSSR count). The lowest BCUT2D eigenvalue weighted by atomic mass is 10.0. The molecule has 0 aliphatic rings. The van der Waals surface area contributed by atoms with E-state index < -0.39 is 0 Å². The van der Waals surface area contributed by atoms with Crippen LogP contribution in [0.15, 0.2) is 14.3 Å². The maximum atomic E-state index is 11.9. The molecule has 0 aromatic carbocycles. The smallest absolute Gasteiger partial charge is 0.261 e. The van der Waals surface area contributed by atoms with Crippen molar-refractivity contribution < 1.29 is 4.79 Å². The summed E-state index contributed by atoms with van der Waals surface area (Å²) < 4.78 is 1.86. The molecule has 1 amide bonds. The lowest BCUT2D eigenvalue weighted by Gasteiger charge is -2.32. The highest BCUT2D eigenvalue weighted by Crippen LogP contribution is 2.32. The summed E-state index contributed by atoms with van der Waals surface area (Å²) in [6, 6.07) is 1.83. The van der Waals surface area contributed by atoms with E-state index in [-0.39, 0.29) is 11.4 Å². The molecule has 0 unspecified atom stereocenters. The van der Waals surface area contributed by atoms with E-state index in [1.807, 2.05) is 20.2 Å². The zero-order valence-corrected chi connectivity index (χ0v) is 14.3. The molecule has 96 valence electrons. The van der Waals surface area contributed by atoms with Crippen LogP contribution >= 0.6 is 43.2 Å². The molecule has 0 atom stereocenters. The van der Waals surface area contributed by atoms with Gasteiger partial charge in [-0.3, -0.25) is 4.79 Å². The first kappa shape index (κ1) is 15.1. The summed E-state index contributed by atoms with van der Waals surface area (Å²) in [7, 11) is 4.01. The Kier molecular flexibility index (Phi) is 5.19. The van der Waals surface area contributed by atoms with Gasteiger partial charge in [0, 0.05) is 16.6 Å². The molecule has 1 aromatic rings. The van der Waals surface area contributed by atoms with Crippen molar-refractivity contribution in [3.8, 4) is 0 Å². The average Bonchev–Trinajstić information content (AvgIpc) is 2.56. The Labute approximate surface area is 123 Å². The van der Waals surface area contributed by atoms with Crippen molar-refractivity contribution in [2.75, 3.05) is 20.6 Å². The van der Waals surface area contributed by atoms with E-state index in [4.69, 9.17) is 0 Å². The molecule has 17 heavy (non-hydrogen) atoms. The molecule has 1 heterocycles. The number of nitrogens with zero attached hydrogens (tertiary/aromatic N) is 1. The third-order valence-electron chi connectivity index (χ3n) is 2.76. The molecule has 0 bridgehead atoms. The summed E-state index contributed by atoms with van der Waals surface area (Å²) in [5, 5.41) is 2.95. The molecular formula is C11H16Br2N2OS. The van der Waals surface area contributed by atoms with Gasteiger partial charge in [0.15, 0.2) is 0 Å². The fraction of sp³-hybridized carbons (Fsp3) is 0.545. The normalized spacial score (nSPS) is 11.9. The topological polar surface area (TPSA) is 32.3 Å². The van der Waals surface area contributed by atoms with Gasteiger partial charge in [-0.1, -0.05) is 0 Å². The Balaban J connectivity index is 2.62. The molecule has 1 aromatic heterocycles. The third-order valence-corrected chi connectivity index (χ3v) is 6.02. The van der Waals surface area contributed by atoms with E-state index in [0.29, 0.717) is 11.4 Å². The zero-order valence-electron chi connectivity index (χ0n) is 10.3. The van der Waals surface area contributed by atoms with Crippen molar-refractivity contribution in [2.45, 2.75) is 19.4 Å². The number of carbonyl (C=O) groups is 1. The number of likely N-dealkylation sites (N-methyl/N-ethyl adjacent to an activating group) is 1. The molecule has 0 saturated carbocycles. The van der Waals surface area contributed by atoms with Crippen molar-refractivity contribution in [1.82, 2.24) is 10.2 Å². The van der Waals surface area contributed by atoms with Gasteiger partial charge in [0.05, 0.1) is 8.66 Å². The Morgan fingerprint density at radius 1 is 1.47 bits per heavy atom.